The van der Waals surface area contributed by atoms with Crippen molar-refractivity contribution in [2.24, 2.45) is 5.41 Å². The first-order valence-electron chi connectivity index (χ1n) is 4.99. The Balaban J connectivity index is 2.54. The van der Waals surface area contributed by atoms with Crippen LogP contribution in [-0.2, 0) is 0 Å². The van der Waals surface area contributed by atoms with Crippen LogP contribution in [0.2, 0.25) is 0 Å². The second kappa shape index (κ2) is 4.63. The zero-order valence-corrected chi connectivity index (χ0v) is 10.6. The Morgan fingerprint density at radius 1 is 1.53 bits per heavy atom. The van der Waals surface area contributed by atoms with Crippen LogP contribution in [0.15, 0.2) is 6.20 Å². The van der Waals surface area contributed by atoms with Crippen molar-refractivity contribution in [1.82, 2.24) is 4.98 Å². The van der Waals surface area contributed by atoms with Crippen molar-refractivity contribution in [2.75, 3.05) is 18.5 Å². The Bertz CT molecular complexity index is 357. The van der Waals surface area contributed by atoms with Crippen LogP contribution in [0, 0.1) is 16.7 Å². The zero-order valence-electron chi connectivity index (χ0n) is 9.74. The lowest BCUT2D eigenvalue weighted by atomic mass is 9.92. The number of aromatic nitrogens is 1. The lowest BCUT2D eigenvalue weighted by Crippen LogP contribution is -2.22. The molecule has 0 spiro atoms. The van der Waals surface area contributed by atoms with Crippen LogP contribution in [0.1, 0.15) is 32.1 Å². The van der Waals surface area contributed by atoms with Crippen LogP contribution in [-0.4, -0.2) is 18.6 Å². The van der Waals surface area contributed by atoms with Crippen molar-refractivity contribution in [3.05, 3.63) is 11.1 Å². The summed E-state index contributed by atoms with van der Waals surface area (Å²) in [5.41, 5.74) is 0.337. The van der Waals surface area contributed by atoms with E-state index in [-0.39, 0.29) is 0 Å². The molecule has 0 bridgehead atoms. The maximum atomic E-state index is 8.69. The third-order valence-electron chi connectivity index (χ3n) is 2.13. The van der Waals surface area contributed by atoms with E-state index in [1.807, 2.05) is 7.05 Å². The van der Waals surface area contributed by atoms with E-state index in [1.54, 1.807) is 6.20 Å². The van der Waals surface area contributed by atoms with E-state index in [0.717, 1.165) is 18.1 Å². The van der Waals surface area contributed by atoms with Crippen molar-refractivity contribution in [3.63, 3.8) is 0 Å². The summed E-state index contributed by atoms with van der Waals surface area (Å²) < 4.78 is 0. The van der Waals surface area contributed by atoms with Gasteiger partial charge in [-0.15, -0.1) is 0 Å². The van der Waals surface area contributed by atoms with E-state index in [4.69, 9.17) is 5.26 Å². The van der Waals surface area contributed by atoms with Gasteiger partial charge in [0.15, 0.2) is 5.13 Å². The third-order valence-corrected chi connectivity index (χ3v) is 3.14. The van der Waals surface area contributed by atoms with Crippen molar-refractivity contribution in [2.45, 2.75) is 27.2 Å². The average molecular weight is 223 g/mol. The summed E-state index contributed by atoms with van der Waals surface area (Å²) in [7, 11) is 2.02. The van der Waals surface area contributed by atoms with Crippen molar-refractivity contribution in [1.29, 1.82) is 5.26 Å². The van der Waals surface area contributed by atoms with E-state index in [1.165, 1.54) is 11.3 Å². The molecular formula is C11H17N3S. The molecule has 3 nitrogen and oxygen atoms in total. The first kappa shape index (κ1) is 12.0. The molecule has 15 heavy (non-hydrogen) atoms. The third kappa shape index (κ3) is 3.88. The van der Waals surface area contributed by atoms with Gasteiger partial charge in [-0.2, -0.15) is 5.26 Å². The minimum absolute atomic E-state index is 0.337. The largest absolute Gasteiger partial charge is 0.351 e. The Hall–Kier alpha value is -1.08. The fourth-order valence-electron chi connectivity index (χ4n) is 1.09. The maximum Gasteiger partial charge on any atom is 0.186 e. The topological polar surface area (TPSA) is 39.9 Å². The molecular weight excluding hydrogens is 206 g/mol. The lowest BCUT2D eigenvalue weighted by molar-refractivity contribution is 0.381. The Kier molecular flexibility index (Phi) is 3.70. The van der Waals surface area contributed by atoms with Gasteiger partial charge in [-0.25, -0.2) is 4.98 Å². The second-order valence-corrected chi connectivity index (χ2v) is 5.86. The molecule has 1 heterocycles. The molecule has 0 amide bonds. The van der Waals surface area contributed by atoms with Gasteiger partial charge in [0.05, 0.1) is 6.20 Å². The van der Waals surface area contributed by atoms with Gasteiger partial charge >= 0.3 is 0 Å². The normalized spacial score (nSPS) is 11.1. The highest BCUT2D eigenvalue weighted by Gasteiger charge is 2.13. The van der Waals surface area contributed by atoms with Crippen molar-refractivity contribution in [3.8, 4) is 6.07 Å². The minimum Gasteiger partial charge on any atom is -0.351 e. The lowest BCUT2D eigenvalue weighted by Gasteiger charge is -2.23. The molecule has 0 atom stereocenters. The summed E-state index contributed by atoms with van der Waals surface area (Å²) >= 11 is 1.45. The zero-order chi connectivity index (χ0) is 11.5. The molecule has 0 saturated carbocycles. The fraction of sp³-hybridized carbons (Fsp3) is 0.636. The maximum absolute atomic E-state index is 8.69. The molecule has 0 aliphatic heterocycles. The summed E-state index contributed by atoms with van der Waals surface area (Å²) in [6.45, 7) is 7.65. The molecule has 1 aromatic heterocycles. The Labute approximate surface area is 95.4 Å². The highest BCUT2D eigenvalue weighted by atomic mass is 32.1. The van der Waals surface area contributed by atoms with Gasteiger partial charge in [0.1, 0.15) is 10.9 Å². The molecule has 0 fully saturated rings. The summed E-state index contributed by atoms with van der Waals surface area (Å²) in [6.07, 6.45) is 2.75. The summed E-state index contributed by atoms with van der Waals surface area (Å²) in [5, 5.41) is 9.62. The van der Waals surface area contributed by atoms with Gasteiger partial charge in [-0.1, -0.05) is 32.1 Å². The second-order valence-electron chi connectivity index (χ2n) is 4.85. The quantitative estimate of drug-likeness (QED) is 0.791. The number of hydrogen-bond acceptors (Lipinski definition) is 4. The SMILES string of the molecule is CN(CCC(C)(C)C)c1ncc(C#N)s1. The van der Waals surface area contributed by atoms with Crippen LogP contribution < -0.4 is 4.90 Å². The first-order valence-corrected chi connectivity index (χ1v) is 5.81. The molecule has 0 saturated heterocycles. The molecule has 82 valence electrons. The molecule has 0 radical (unpaired) electrons. The highest BCUT2D eigenvalue weighted by Crippen LogP contribution is 2.24. The van der Waals surface area contributed by atoms with Crippen LogP contribution in [0.3, 0.4) is 0 Å². The number of nitrogens with zero attached hydrogens (tertiary/aromatic N) is 3. The predicted octanol–water partition coefficient (Wildman–Crippen LogP) is 2.89. The number of anilines is 1. The summed E-state index contributed by atoms with van der Waals surface area (Å²) in [6, 6.07) is 2.10. The van der Waals surface area contributed by atoms with E-state index < -0.39 is 0 Å². The van der Waals surface area contributed by atoms with Crippen LogP contribution >= 0.6 is 11.3 Å². The van der Waals surface area contributed by atoms with Gasteiger partial charge in [-0.05, 0) is 11.8 Å². The Morgan fingerprint density at radius 2 is 2.20 bits per heavy atom. The average Bonchev–Trinajstić information content (AvgIpc) is 2.61. The molecule has 4 heteroatoms. The molecule has 1 rings (SSSR count). The van der Waals surface area contributed by atoms with Crippen LogP contribution in [0.4, 0.5) is 5.13 Å². The highest BCUT2D eigenvalue weighted by molar-refractivity contribution is 7.16. The summed E-state index contributed by atoms with van der Waals surface area (Å²) in [5.74, 6) is 0. The van der Waals surface area contributed by atoms with E-state index in [2.05, 4.69) is 36.7 Å². The number of nitriles is 1. The summed E-state index contributed by atoms with van der Waals surface area (Å²) in [4.78, 5) is 6.99. The van der Waals surface area contributed by atoms with Crippen LogP contribution in [0.25, 0.3) is 0 Å². The molecule has 0 unspecified atom stereocenters. The van der Waals surface area contributed by atoms with Crippen LogP contribution in [0.5, 0.6) is 0 Å². The van der Waals surface area contributed by atoms with Gasteiger partial charge in [0.2, 0.25) is 0 Å². The Morgan fingerprint density at radius 3 is 2.67 bits per heavy atom. The molecule has 0 N–H and O–H groups in total. The van der Waals surface area contributed by atoms with Gasteiger partial charge < -0.3 is 4.90 Å². The number of thiazole rings is 1. The fourth-order valence-corrected chi connectivity index (χ4v) is 1.79. The van der Waals surface area contributed by atoms with E-state index in [9.17, 15) is 0 Å². The molecule has 0 aliphatic carbocycles. The van der Waals surface area contributed by atoms with Gasteiger partial charge in [-0.3, -0.25) is 0 Å². The monoisotopic (exact) mass is 223 g/mol. The smallest absolute Gasteiger partial charge is 0.186 e. The van der Waals surface area contributed by atoms with Gasteiger partial charge in [0.25, 0.3) is 0 Å². The standard InChI is InChI=1S/C11H17N3S/c1-11(2,3)5-6-14(4)10-13-8-9(7-12)15-10/h8H,5-6H2,1-4H3. The molecule has 0 aromatic carbocycles. The van der Waals surface area contributed by atoms with Gasteiger partial charge in [0, 0.05) is 13.6 Å². The first-order chi connectivity index (χ1) is 6.92. The number of hydrogen-bond donors (Lipinski definition) is 0. The van der Waals surface area contributed by atoms with E-state index in [0.29, 0.717) is 10.3 Å². The molecule has 1 aromatic rings. The van der Waals surface area contributed by atoms with Crippen molar-refractivity contribution >= 4 is 16.5 Å². The van der Waals surface area contributed by atoms with E-state index >= 15 is 0 Å². The molecule has 0 aliphatic rings. The predicted molar refractivity (Wildman–Crippen MR) is 64.2 cm³/mol. The van der Waals surface area contributed by atoms with Crippen molar-refractivity contribution < 1.29 is 0 Å². The minimum atomic E-state index is 0.337. The number of rotatable bonds is 3.